The predicted octanol–water partition coefficient (Wildman–Crippen LogP) is 3.30. The number of hydrogen-bond acceptors (Lipinski definition) is 2. The molecular weight excluding hydrogens is 241 g/mol. The average Bonchev–Trinajstić information content (AvgIpc) is 2.33. The second kappa shape index (κ2) is 5.07. The van der Waals surface area contributed by atoms with Crippen molar-refractivity contribution in [3.63, 3.8) is 0 Å². The first-order valence-electron chi connectivity index (χ1n) is 5.67. The standard InChI is InChI=1S/C13H15ClFNO/c1-2-10(16)5-8-7-17-12-4-3-9(15)6-11(12)13(8)14/h3-4,6,10H,2,5,7,16H2,1H3. The van der Waals surface area contributed by atoms with Gasteiger partial charge in [0.1, 0.15) is 18.2 Å². The van der Waals surface area contributed by atoms with Gasteiger partial charge in [0.05, 0.1) is 5.03 Å². The fourth-order valence-electron chi connectivity index (χ4n) is 1.83. The van der Waals surface area contributed by atoms with Crippen molar-refractivity contribution < 1.29 is 9.13 Å². The van der Waals surface area contributed by atoms with Gasteiger partial charge in [0.25, 0.3) is 0 Å². The molecule has 0 saturated heterocycles. The second-order valence-electron chi connectivity index (χ2n) is 4.22. The summed E-state index contributed by atoms with van der Waals surface area (Å²) in [4.78, 5) is 0. The van der Waals surface area contributed by atoms with Crippen LogP contribution in [0.4, 0.5) is 4.39 Å². The van der Waals surface area contributed by atoms with Crippen LogP contribution in [0, 0.1) is 5.82 Å². The quantitative estimate of drug-likeness (QED) is 0.900. The molecule has 2 nitrogen and oxygen atoms in total. The molecule has 1 aliphatic heterocycles. The van der Waals surface area contributed by atoms with Crippen LogP contribution in [0.15, 0.2) is 23.8 Å². The molecule has 0 bridgehead atoms. The van der Waals surface area contributed by atoms with Crippen LogP contribution < -0.4 is 10.5 Å². The smallest absolute Gasteiger partial charge is 0.128 e. The van der Waals surface area contributed by atoms with Gasteiger partial charge in [-0.3, -0.25) is 0 Å². The van der Waals surface area contributed by atoms with Gasteiger partial charge in [0, 0.05) is 11.6 Å². The first kappa shape index (κ1) is 12.4. The van der Waals surface area contributed by atoms with E-state index in [9.17, 15) is 4.39 Å². The van der Waals surface area contributed by atoms with E-state index >= 15 is 0 Å². The van der Waals surface area contributed by atoms with Crippen molar-refractivity contribution in [3.8, 4) is 5.75 Å². The van der Waals surface area contributed by atoms with Crippen LogP contribution in [0.3, 0.4) is 0 Å². The molecule has 0 saturated carbocycles. The second-order valence-corrected chi connectivity index (χ2v) is 4.60. The number of rotatable bonds is 3. The normalized spacial score (nSPS) is 16.5. The topological polar surface area (TPSA) is 35.2 Å². The SMILES string of the molecule is CCC(N)CC1=C(Cl)c2cc(F)ccc2OC1. The minimum Gasteiger partial charge on any atom is -0.489 e. The molecule has 0 amide bonds. The molecule has 1 aliphatic rings. The Hall–Kier alpha value is -1.06. The van der Waals surface area contributed by atoms with Crippen molar-refractivity contribution in [3.05, 3.63) is 35.2 Å². The summed E-state index contributed by atoms with van der Waals surface area (Å²) in [6.07, 6.45) is 1.56. The van der Waals surface area contributed by atoms with E-state index in [4.69, 9.17) is 22.1 Å². The maximum absolute atomic E-state index is 13.2. The van der Waals surface area contributed by atoms with E-state index < -0.39 is 0 Å². The lowest BCUT2D eigenvalue weighted by molar-refractivity contribution is 0.338. The van der Waals surface area contributed by atoms with Gasteiger partial charge in [-0.15, -0.1) is 0 Å². The first-order valence-corrected chi connectivity index (χ1v) is 6.05. The lowest BCUT2D eigenvalue weighted by Crippen LogP contribution is -2.22. The van der Waals surface area contributed by atoms with E-state index in [0.29, 0.717) is 29.4 Å². The highest BCUT2D eigenvalue weighted by Crippen LogP contribution is 2.37. The molecule has 0 fully saturated rings. The van der Waals surface area contributed by atoms with Crippen molar-refractivity contribution in [2.75, 3.05) is 6.61 Å². The van der Waals surface area contributed by atoms with E-state index in [1.807, 2.05) is 6.92 Å². The molecule has 0 aromatic heterocycles. The summed E-state index contributed by atoms with van der Waals surface area (Å²) >= 11 is 6.26. The van der Waals surface area contributed by atoms with Crippen molar-refractivity contribution in [2.24, 2.45) is 5.73 Å². The highest BCUT2D eigenvalue weighted by molar-refractivity contribution is 6.49. The van der Waals surface area contributed by atoms with Gasteiger partial charge in [0.2, 0.25) is 0 Å². The third kappa shape index (κ3) is 2.61. The number of hydrogen-bond donors (Lipinski definition) is 1. The molecule has 1 unspecified atom stereocenters. The maximum Gasteiger partial charge on any atom is 0.128 e. The zero-order valence-electron chi connectivity index (χ0n) is 9.67. The number of fused-ring (bicyclic) bond motifs is 1. The predicted molar refractivity (Wildman–Crippen MR) is 67.6 cm³/mol. The molecule has 0 spiro atoms. The summed E-state index contributed by atoms with van der Waals surface area (Å²) in [7, 11) is 0. The molecule has 1 atom stereocenters. The largest absolute Gasteiger partial charge is 0.489 e. The third-order valence-corrected chi connectivity index (χ3v) is 3.39. The Morgan fingerprint density at radius 3 is 3.00 bits per heavy atom. The fourth-order valence-corrected chi connectivity index (χ4v) is 2.11. The monoisotopic (exact) mass is 255 g/mol. The maximum atomic E-state index is 13.2. The Morgan fingerprint density at radius 1 is 1.53 bits per heavy atom. The van der Waals surface area contributed by atoms with Gasteiger partial charge in [-0.2, -0.15) is 0 Å². The zero-order valence-corrected chi connectivity index (χ0v) is 10.4. The van der Waals surface area contributed by atoms with Crippen molar-refractivity contribution >= 4 is 16.6 Å². The summed E-state index contributed by atoms with van der Waals surface area (Å²) in [6.45, 7) is 2.46. The van der Waals surface area contributed by atoms with Crippen molar-refractivity contribution in [2.45, 2.75) is 25.8 Å². The summed E-state index contributed by atoms with van der Waals surface area (Å²) in [6, 6.07) is 4.43. The van der Waals surface area contributed by atoms with Crippen LogP contribution >= 0.6 is 11.6 Å². The highest BCUT2D eigenvalue weighted by Gasteiger charge is 2.20. The molecule has 2 N–H and O–H groups in total. The van der Waals surface area contributed by atoms with E-state index in [1.165, 1.54) is 12.1 Å². The molecule has 4 heteroatoms. The highest BCUT2D eigenvalue weighted by atomic mass is 35.5. The van der Waals surface area contributed by atoms with E-state index in [-0.39, 0.29) is 11.9 Å². The van der Waals surface area contributed by atoms with Crippen LogP contribution in [-0.2, 0) is 0 Å². The minimum absolute atomic E-state index is 0.0671. The molecule has 1 aromatic rings. The van der Waals surface area contributed by atoms with Crippen LogP contribution in [0.1, 0.15) is 25.3 Å². The minimum atomic E-state index is -0.313. The number of halogens is 2. The summed E-state index contributed by atoms with van der Waals surface area (Å²) in [5, 5.41) is 0.578. The average molecular weight is 256 g/mol. The van der Waals surface area contributed by atoms with Crippen LogP contribution in [0.2, 0.25) is 0 Å². The van der Waals surface area contributed by atoms with Gasteiger partial charge in [0.15, 0.2) is 0 Å². The van der Waals surface area contributed by atoms with Gasteiger partial charge in [-0.1, -0.05) is 18.5 Å². The van der Waals surface area contributed by atoms with Gasteiger partial charge < -0.3 is 10.5 Å². The fraction of sp³-hybridized carbons (Fsp3) is 0.385. The molecule has 92 valence electrons. The Labute approximate surface area is 105 Å². The van der Waals surface area contributed by atoms with E-state index in [2.05, 4.69) is 0 Å². The van der Waals surface area contributed by atoms with Crippen LogP contribution in [0.25, 0.3) is 5.03 Å². The Morgan fingerprint density at radius 2 is 2.29 bits per heavy atom. The lowest BCUT2D eigenvalue weighted by Gasteiger charge is -2.22. The molecule has 1 heterocycles. The molecule has 0 radical (unpaired) electrons. The summed E-state index contributed by atoms with van der Waals surface area (Å²) < 4.78 is 18.7. The van der Waals surface area contributed by atoms with E-state index in [0.717, 1.165) is 12.0 Å². The molecule has 0 aliphatic carbocycles. The molecule has 1 aromatic carbocycles. The molecular formula is C13H15ClFNO. The molecule has 17 heavy (non-hydrogen) atoms. The number of nitrogens with two attached hydrogens (primary N) is 1. The van der Waals surface area contributed by atoms with Crippen molar-refractivity contribution in [1.29, 1.82) is 0 Å². The Bertz CT molecular complexity index is 459. The molecule has 2 rings (SSSR count). The summed E-state index contributed by atoms with van der Waals surface area (Å²) in [5.41, 5.74) is 7.46. The van der Waals surface area contributed by atoms with Gasteiger partial charge >= 0.3 is 0 Å². The van der Waals surface area contributed by atoms with Crippen molar-refractivity contribution in [1.82, 2.24) is 0 Å². The van der Waals surface area contributed by atoms with E-state index in [1.54, 1.807) is 6.07 Å². The Kier molecular flexibility index (Phi) is 3.69. The van der Waals surface area contributed by atoms with Gasteiger partial charge in [-0.25, -0.2) is 4.39 Å². The Balaban J connectivity index is 2.33. The number of benzene rings is 1. The number of ether oxygens (including phenoxy) is 1. The lowest BCUT2D eigenvalue weighted by atomic mass is 10.00. The van der Waals surface area contributed by atoms with Crippen LogP contribution in [-0.4, -0.2) is 12.6 Å². The third-order valence-electron chi connectivity index (χ3n) is 2.92. The van der Waals surface area contributed by atoms with Gasteiger partial charge in [-0.05, 0) is 36.6 Å². The summed E-state index contributed by atoms with van der Waals surface area (Å²) in [5.74, 6) is 0.316. The zero-order chi connectivity index (χ0) is 12.4. The first-order chi connectivity index (χ1) is 8.11. The van der Waals surface area contributed by atoms with Crippen LogP contribution in [0.5, 0.6) is 5.75 Å².